The van der Waals surface area contributed by atoms with Crippen molar-refractivity contribution >= 4 is 5.78 Å². The summed E-state index contributed by atoms with van der Waals surface area (Å²) in [5.74, 6) is 0.602. The van der Waals surface area contributed by atoms with Gasteiger partial charge < -0.3 is 4.74 Å². The van der Waals surface area contributed by atoms with E-state index in [-0.39, 0.29) is 0 Å². The van der Waals surface area contributed by atoms with Crippen molar-refractivity contribution in [2.75, 3.05) is 13.7 Å². The van der Waals surface area contributed by atoms with Gasteiger partial charge in [0.05, 0.1) is 0 Å². The van der Waals surface area contributed by atoms with Crippen molar-refractivity contribution in [1.29, 1.82) is 0 Å². The van der Waals surface area contributed by atoms with Crippen LogP contribution in [0.25, 0.3) is 0 Å². The molecule has 0 N–H and O–H groups in total. The van der Waals surface area contributed by atoms with Crippen LogP contribution < -0.4 is 0 Å². The van der Waals surface area contributed by atoms with Crippen LogP contribution in [0, 0.1) is 5.92 Å². The molecular formula is C11H20O2. The summed E-state index contributed by atoms with van der Waals surface area (Å²) in [6.45, 7) is 0.310. The van der Waals surface area contributed by atoms with Gasteiger partial charge in [-0.25, -0.2) is 0 Å². The lowest BCUT2D eigenvalue weighted by Crippen LogP contribution is -2.20. The molecule has 1 fully saturated rings. The Labute approximate surface area is 80.7 Å². The molecular weight excluding hydrogens is 164 g/mol. The number of hydrogen-bond donors (Lipinski definition) is 0. The first kappa shape index (κ1) is 10.7. The fourth-order valence-corrected chi connectivity index (χ4v) is 2.04. The van der Waals surface area contributed by atoms with E-state index in [2.05, 4.69) is 0 Å². The summed E-state index contributed by atoms with van der Waals surface area (Å²) in [6, 6.07) is 0. The Kier molecular flexibility index (Phi) is 5.06. The van der Waals surface area contributed by atoms with Gasteiger partial charge in [-0.05, 0) is 12.8 Å². The summed E-state index contributed by atoms with van der Waals surface area (Å²) in [7, 11) is 1.60. The summed E-state index contributed by atoms with van der Waals surface area (Å²) in [6.07, 6.45) is 8.57. The van der Waals surface area contributed by atoms with Crippen molar-refractivity contribution in [3.05, 3.63) is 0 Å². The van der Waals surface area contributed by atoms with Crippen molar-refractivity contribution in [1.82, 2.24) is 0 Å². The lowest BCUT2D eigenvalue weighted by Gasteiger charge is -2.17. The molecule has 1 saturated carbocycles. The third kappa shape index (κ3) is 3.90. The fourth-order valence-electron chi connectivity index (χ4n) is 2.04. The minimum absolute atomic E-state index is 0.292. The van der Waals surface area contributed by atoms with Crippen molar-refractivity contribution in [2.24, 2.45) is 5.92 Å². The van der Waals surface area contributed by atoms with E-state index in [1.165, 1.54) is 32.1 Å². The molecule has 0 unspecified atom stereocenters. The first-order valence-corrected chi connectivity index (χ1v) is 5.36. The Morgan fingerprint density at radius 2 is 1.69 bits per heavy atom. The van der Waals surface area contributed by atoms with Crippen LogP contribution in [0.5, 0.6) is 0 Å². The summed E-state index contributed by atoms with van der Waals surface area (Å²) >= 11 is 0. The van der Waals surface area contributed by atoms with Crippen LogP contribution in [0.3, 0.4) is 0 Å². The number of carbonyl (C=O) groups is 1. The van der Waals surface area contributed by atoms with Gasteiger partial charge in [0.15, 0.2) is 5.78 Å². The van der Waals surface area contributed by atoms with E-state index in [1.807, 2.05) is 0 Å². The molecule has 2 nitrogen and oxygen atoms in total. The van der Waals surface area contributed by atoms with Crippen LogP contribution in [-0.2, 0) is 9.53 Å². The summed E-state index contributed by atoms with van der Waals surface area (Å²) in [5, 5.41) is 0. The average molecular weight is 184 g/mol. The molecule has 0 spiro atoms. The highest BCUT2D eigenvalue weighted by Gasteiger charge is 2.18. The first-order valence-electron chi connectivity index (χ1n) is 5.36. The summed E-state index contributed by atoms with van der Waals surface area (Å²) in [4.78, 5) is 11.5. The van der Waals surface area contributed by atoms with Crippen molar-refractivity contribution in [2.45, 2.75) is 44.9 Å². The zero-order valence-electron chi connectivity index (χ0n) is 8.55. The predicted molar refractivity (Wildman–Crippen MR) is 52.7 cm³/mol. The minimum Gasteiger partial charge on any atom is -0.377 e. The molecule has 0 aliphatic heterocycles. The van der Waals surface area contributed by atoms with E-state index in [9.17, 15) is 4.79 Å². The zero-order valence-corrected chi connectivity index (χ0v) is 8.55. The van der Waals surface area contributed by atoms with Crippen LogP contribution in [-0.4, -0.2) is 19.5 Å². The fraction of sp³-hybridized carbons (Fsp3) is 0.909. The number of hydrogen-bond acceptors (Lipinski definition) is 2. The normalized spacial score (nSPS) is 20.7. The molecule has 1 aliphatic rings. The Morgan fingerprint density at radius 1 is 1.15 bits per heavy atom. The molecule has 0 radical (unpaired) electrons. The van der Waals surface area contributed by atoms with Crippen LogP contribution in [0.15, 0.2) is 0 Å². The second-order valence-corrected chi connectivity index (χ2v) is 3.94. The van der Waals surface area contributed by atoms with Crippen LogP contribution in [0.1, 0.15) is 44.9 Å². The molecule has 0 saturated heterocycles. The third-order valence-corrected chi connectivity index (χ3v) is 2.85. The number of Topliss-reactive ketones (excluding diaryl/α,β-unsaturated/α-hetero) is 1. The number of carbonyl (C=O) groups excluding carboxylic acids is 1. The van der Waals surface area contributed by atoms with E-state index in [1.54, 1.807) is 7.11 Å². The molecule has 76 valence electrons. The number of ketones is 1. The van der Waals surface area contributed by atoms with E-state index < -0.39 is 0 Å². The maximum Gasteiger partial charge on any atom is 0.161 e. The number of ether oxygens (including phenoxy) is 1. The van der Waals surface area contributed by atoms with Crippen molar-refractivity contribution in [3.63, 3.8) is 0 Å². The van der Waals surface area contributed by atoms with E-state index in [4.69, 9.17) is 4.74 Å². The average Bonchev–Trinajstić information content (AvgIpc) is 2.03. The van der Waals surface area contributed by atoms with Crippen LogP contribution >= 0.6 is 0 Å². The monoisotopic (exact) mass is 184 g/mol. The Bertz CT molecular complexity index is 146. The van der Waals surface area contributed by atoms with Gasteiger partial charge >= 0.3 is 0 Å². The molecule has 1 aliphatic carbocycles. The Hall–Kier alpha value is -0.370. The van der Waals surface area contributed by atoms with Gasteiger partial charge in [-0.15, -0.1) is 0 Å². The second-order valence-electron chi connectivity index (χ2n) is 3.94. The molecule has 2 heteroatoms. The SMILES string of the molecule is COCC(=O)C1CCCCCCC1. The highest BCUT2D eigenvalue weighted by molar-refractivity contribution is 5.82. The first-order chi connectivity index (χ1) is 6.34. The van der Waals surface area contributed by atoms with Gasteiger partial charge in [0.2, 0.25) is 0 Å². The Balaban J connectivity index is 2.32. The maximum absolute atomic E-state index is 11.5. The molecule has 13 heavy (non-hydrogen) atoms. The third-order valence-electron chi connectivity index (χ3n) is 2.85. The molecule has 0 aromatic rings. The molecule has 0 amide bonds. The Morgan fingerprint density at radius 3 is 2.23 bits per heavy atom. The molecule has 0 bridgehead atoms. The number of rotatable bonds is 3. The standard InChI is InChI=1S/C11H20O2/c1-13-9-11(12)10-7-5-3-2-4-6-8-10/h10H,2-9H2,1H3. The van der Waals surface area contributed by atoms with Gasteiger partial charge in [0, 0.05) is 13.0 Å². The van der Waals surface area contributed by atoms with Gasteiger partial charge in [-0.1, -0.05) is 32.1 Å². The van der Waals surface area contributed by atoms with Gasteiger partial charge in [0.1, 0.15) is 6.61 Å². The molecule has 0 atom stereocenters. The molecule has 1 rings (SSSR count). The molecule has 0 aromatic heterocycles. The molecule has 0 heterocycles. The zero-order chi connectivity index (χ0) is 9.52. The highest BCUT2D eigenvalue weighted by atomic mass is 16.5. The van der Waals surface area contributed by atoms with Crippen molar-refractivity contribution < 1.29 is 9.53 Å². The number of methoxy groups -OCH3 is 1. The molecule has 0 aromatic carbocycles. The topological polar surface area (TPSA) is 26.3 Å². The smallest absolute Gasteiger partial charge is 0.161 e. The van der Waals surface area contributed by atoms with Crippen LogP contribution in [0.2, 0.25) is 0 Å². The van der Waals surface area contributed by atoms with E-state index in [0.29, 0.717) is 18.3 Å². The van der Waals surface area contributed by atoms with E-state index >= 15 is 0 Å². The quantitative estimate of drug-likeness (QED) is 0.673. The lowest BCUT2D eigenvalue weighted by atomic mass is 9.88. The van der Waals surface area contributed by atoms with Crippen molar-refractivity contribution in [3.8, 4) is 0 Å². The maximum atomic E-state index is 11.5. The van der Waals surface area contributed by atoms with Crippen LogP contribution in [0.4, 0.5) is 0 Å². The highest BCUT2D eigenvalue weighted by Crippen LogP contribution is 2.22. The lowest BCUT2D eigenvalue weighted by molar-refractivity contribution is -0.127. The van der Waals surface area contributed by atoms with E-state index in [0.717, 1.165) is 12.8 Å². The van der Waals surface area contributed by atoms with Gasteiger partial charge in [0.25, 0.3) is 0 Å². The second kappa shape index (κ2) is 6.14. The van der Waals surface area contributed by atoms with Gasteiger partial charge in [-0.2, -0.15) is 0 Å². The summed E-state index contributed by atoms with van der Waals surface area (Å²) < 4.78 is 4.88. The summed E-state index contributed by atoms with van der Waals surface area (Å²) in [5.41, 5.74) is 0. The largest absolute Gasteiger partial charge is 0.377 e. The minimum atomic E-state index is 0.292. The predicted octanol–water partition coefficient (Wildman–Crippen LogP) is 2.56. The van der Waals surface area contributed by atoms with Gasteiger partial charge in [-0.3, -0.25) is 4.79 Å².